The lowest BCUT2D eigenvalue weighted by molar-refractivity contribution is 0.0821. The zero-order valence-corrected chi connectivity index (χ0v) is 10.7. The fourth-order valence-electron chi connectivity index (χ4n) is 1.70. The van der Waals surface area contributed by atoms with Gasteiger partial charge >= 0.3 is 0 Å². The molecule has 0 bridgehead atoms. The Hall–Kier alpha value is -1.30. The summed E-state index contributed by atoms with van der Waals surface area (Å²) in [5.74, 6) is 7.07. The molecule has 17 heavy (non-hydrogen) atoms. The third kappa shape index (κ3) is 3.09. The summed E-state index contributed by atoms with van der Waals surface area (Å²) in [6.07, 6.45) is -0.0824. The summed E-state index contributed by atoms with van der Waals surface area (Å²) in [5.41, 5.74) is 3.64. The molecule has 1 rings (SSSR count). The van der Waals surface area contributed by atoms with E-state index in [1.807, 2.05) is 25.1 Å². The maximum Gasteiger partial charge on any atom is 0.124 e. The van der Waals surface area contributed by atoms with Crippen molar-refractivity contribution in [1.82, 2.24) is 5.43 Å². The van der Waals surface area contributed by atoms with E-state index in [0.29, 0.717) is 0 Å². The summed E-state index contributed by atoms with van der Waals surface area (Å²) in [6.45, 7) is 1.93. The number of rotatable bonds is 6. The lowest BCUT2D eigenvalue weighted by atomic mass is 10.0. The standard InChI is InChI=1S/C12H20N2O3/c1-8(15-2)12(14-13)10-7-9(16-3)5-6-11(10)17-4/h5-8,12,14H,13H2,1-4H3. The van der Waals surface area contributed by atoms with Crippen molar-refractivity contribution in [3.63, 3.8) is 0 Å². The van der Waals surface area contributed by atoms with Crippen molar-refractivity contribution < 1.29 is 14.2 Å². The van der Waals surface area contributed by atoms with E-state index in [2.05, 4.69) is 5.43 Å². The van der Waals surface area contributed by atoms with Gasteiger partial charge < -0.3 is 14.2 Å². The van der Waals surface area contributed by atoms with E-state index in [4.69, 9.17) is 20.1 Å². The molecular weight excluding hydrogens is 220 g/mol. The highest BCUT2D eigenvalue weighted by molar-refractivity contribution is 5.42. The average molecular weight is 240 g/mol. The molecule has 0 radical (unpaired) electrons. The van der Waals surface area contributed by atoms with Crippen molar-refractivity contribution in [3.8, 4) is 11.5 Å². The maximum atomic E-state index is 5.57. The molecule has 0 heterocycles. The quantitative estimate of drug-likeness (QED) is 0.578. The molecule has 0 saturated carbocycles. The molecule has 0 aliphatic carbocycles. The van der Waals surface area contributed by atoms with Gasteiger partial charge in [0.05, 0.1) is 26.4 Å². The number of methoxy groups -OCH3 is 3. The van der Waals surface area contributed by atoms with Gasteiger partial charge in [-0.2, -0.15) is 0 Å². The van der Waals surface area contributed by atoms with Crippen molar-refractivity contribution in [2.45, 2.75) is 19.1 Å². The smallest absolute Gasteiger partial charge is 0.124 e. The zero-order valence-electron chi connectivity index (χ0n) is 10.7. The second-order valence-electron chi connectivity index (χ2n) is 3.69. The number of hydrogen-bond donors (Lipinski definition) is 2. The Bertz CT molecular complexity index is 358. The minimum atomic E-state index is -0.162. The van der Waals surface area contributed by atoms with E-state index in [1.165, 1.54) is 0 Å². The molecule has 2 atom stereocenters. The number of ether oxygens (including phenoxy) is 3. The largest absolute Gasteiger partial charge is 0.497 e. The van der Waals surface area contributed by atoms with E-state index in [-0.39, 0.29) is 12.1 Å². The van der Waals surface area contributed by atoms with Gasteiger partial charge in [0, 0.05) is 12.7 Å². The van der Waals surface area contributed by atoms with Crippen LogP contribution in [0.5, 0.6) is 11.5 Å². The van der Waals surface area contributed by atoms with Crippen molar-refractivity contribution in [1.29, 1.82) is 0 Å². The molecule has 1 aromatic rings. The van der Waals surface area contributed by atoms with E-state index in [1.54, 1.807) is 21.3 Å². The molecule has 1 aromatic carbocycles. The first-order valence-electron chi connectivity index (χ1n) is 5.38. The van der Waals surface area contributed by atoms with Gasteiger partial charge in [-0.1, -0.05) is 0 Å². The van der Waals surface area contributed by atoms with Crippen LogP contribution in [0.25, 0.3) is 0 Å². The number of hydrogen-bond acceptors (Lipinski definition) is 5. The van der Waals surface area contributed by atoms with Crippen LogP contribution < -0.4 is 20.7 Å². The number of nitrogens with two attached hydrogens (primary N) is 1. The fourth-order valence-corrected chi connectivity index (χ4v) is 1.70. The van der Waals surface area contributed by atoms with Crippen molar-refractivity contribution in [3.05, 3.63) is 23.8 Å². The van der Waals surface area contributed by atoms with Gasteiger partial charge in [-0.05, 0) is 25.1 Å². The molecule has 5 heteroatoms. The third-order valence-corrected chi connectivity index (χ3v) is 2.79. The van der Waals surface area contributed by atoms with Gasteiger partial charge in [0.15, 0.2) is 0 Å². The van der Waals surface area contributed by atoms with Crippen LogP contribution in [0.1, 0.15) is 18.5 Å². The molecule has 96 valence electrons. The first-order chi connectivity index (χ1) is 8.17. The highest BCUT2D eigenvalue weighted by atomic mass is 16.5. The van der Waals surface area contributed by atoms with Gasteiger partial charge in [-0.25, -0.2) is 0 Å². The van der Waals surface area contributed by atoms with Gasteiger partial charge in [-0.15, -0.1) is 0 Å². The summed E-state index contributed by atoms with van der Waals surface area (Å²) in [5, 5.41) is 0. The van der Waals surface area contributed by atoms with Crippen LogP contribution in [0.2, 0.25) is 0 Å². The lowest BCUT2D eigenvalue weighted by Gasteiger charge is -2.24. The van der Waals surface area contributed by atoms with Crippen molar-refractivity contribution in [2.75, 3.05) is 21.3 Å². The molecule has 0 fully saturated rings. The molecule has 0 aliphatic heterocycles. The minimum absolute atomic E-state index is 0.0824. The first kappa shape index (κ1) is 13.8. The summed E-state index contributed by atoms with van der Waals surface area (Å²) < 4.78 is 15.8. The van der Waals surface area contributed by atoms with Crippen LogP contribution in [0.15, 0.2) is 18.2 Å². The Morgan fingerprint density at radius 1 is 1.18 bits per heavy atom. The highest BCUT2D eigenvalue weighted by Crippen LogP contribution is 2.31. The van der Waals surface area contributed by atoms with E-state index in [9.17, 15) is 0 Å². The molecule has 2 unspecified atom stereocenters. The van der Waals surface area contributed by atoms with Crippen LogP contribution in [0.4, 0.5) is 0 Å². The Labute approximate surface area is 102 Å². The molecule has 0 spiro atoms. The van der Waals surface area contributed by atoms with E-state index >= 15 is 0 Å². The molecule has 5 nitrogen and oxygen atoms in total. The van der Waals surface area contributed by atoms with Crippen LogP contribution in [0, 0.1) is 0 Å². The molecule has 3 N–H and O–H groups in total. The van der Waals surface area contributed by atoms with E-state index in [0.717, 1.165) is 17.1 Å². The normalized spacial score (nSPS) is 14.2. The predicted octanol–water partition coefficient (Wildman–Crippen LogP) is 1.24. The second kappa shape index (κ2) is 6.44. The SMILES string of the molecule is COc1ccc(OC)c(C(NN)C(C)OC)c1. The maximum absolute atomic E-state index is 5.57. The lowest BCUT2D eigenvalue weighted by Crippen LogP contribution is -2.36. The number of benzene rings is 1. The molecule has 0 saturated heterocycles. The first-order valence-corrected chi connectivity index (χ1v) is 5.38. The van der Waals surface area contributed by atoms with E-state index < -0.39 is 0 Å². The Morgan fingerprint density at radius 3 is 2.35 bits per heavy atom. The summed E-state index contributed by atoms with van der Waals surface area (Å²) in [6, 6.07) is 5.41. The summed E-state index contributed by atoms with van der Waals surface area (Å²) in [4.78, 5) is 0. The predicted molar refractivity (Wildman–Crippen MR) is 66.1 cm³/mol. The second-order valence-corrected chi connectivity index (χ2v) is 3.69. The van der Waals surface area contributed by atoms with Crippen LogP contribution in [-0.4, -0.2) is 27.4 Å². The van der Waals surface area contributed by atoms with Gasteiger partial charge in [0.2, 0.25) is 0 Å². The van der Waals surface area contributed by atoms with Gasteiger partial charge in [-0.3, -0.25) is 11.3 Å². The minimum Gasteiger partial charge on any atom is -0.497 e. The van der Waals surface area contributed by atoms with Crippen LogP contribution in [-0.2, 0) is 4.74 Å². The Kier molecular flexibility index (Phi) is 5.21. The Morgan fingerprint density at radius 2 is 1.88 bits per heavy atom. The summed E-state index contributed by atoms with van der Waals surface area (Å²) in [7, 11) is 4.88. The van der Waals surface area contributed by atoms with Gasteiger partial charge in [0.1, 0.15) is 11.5 Å². The average Bonchev–Trinajstić information content (AvgIpc) is 2.39. The topological polar surface area (TPSA) is 65.7 Å². The number of hydrazine groups is 1. The molecular formula is C12H20N2O3. The molecule has 0 aliphatic rings. The highest BCUT2D eigenvalue weighted by Gasteiger charge is 2.21. The van der Waals surface area contributed by atoms with Crippen LogP contribution >= 0.6 is 0 Å². The van der Waals surface area contributed by atoms with Gasteiger partial charge in [0.25, 0.3) is 0 Å². The van der Waals surface area contributed by atoms with Crippen LogP contribution in [0.3, 0.4) is 0 Å². The molecule has 0 amide bonds. The number of nitrogens with one attached hydrogen (secondary N) is 1. The van der Waals surface area contributed by atoms with Crippen molar-refractivity contribution in [2.24, 2.45) is 5.84 Å². The fraction of sp³-hybridized carbons (Fsp3) is 0.500. The Balaban J connectivity index is 3.14. The third-order valence-electron chi connectivity index (χ3n) is 2.79. The monoisotopic (exact) mass is 240 g/mol. The summed E-state index contributed by atoms with van der Waals surface area (Å²) >= 11 is 0. The zero-order chi connectivity index (χ0) is 12.8. The molecule has 0 aromatic heterocycles. The van der Waals surface area contributed by atoms with Crippen molar-refractivity contribution >= 4 is 0 Å².